The van der Waals surface area contributed by atoms with Crippen molar-refractivity contribution in [3.05, 3.63) is 67.7 Å². The quantitative estimate of drug-likeness (QED) is 0.669. The Morgan fingerprint density at radius 2 is 1.86 bits per heavy atom. The molecule has 0 bridgehead atoms. The van der Waals surface area contributed by atoms with Crippen LogP contribution in [0.25, 0.3) is 0 Å². The highest BCUT2D eigenvalue weighted by Gasteiger charge is 2.22. The van der Waals surface area contributed by atoms with E-state index in [0.717, 1.165) is 23.6 Å². The van der Waals surface area contributed by atoms with Gasteiger partial charge in [0.05, 0.1) is 4.92 Å². The van der Waals surface area contributed by atoms with Crippen LogP contribution < -0.4 is 5.32 Å². The van der Waals surface area contributed by atoms with Gasteiger partial charge in [0.2, 0.25) is 0 Å². The maximum atomic E-state index is 10.7. The molecule has 0 spiro atoms. The molecule has 1 unspecified atom stereocenters. The van der Waals surface area contributed by atoms with Crippen LogP contribution in [0.3, 0.4) is 0 Å². The molecule has 1 N–H and O–H groups in total. The monoisotopic (exact) mass is 322 g/mol. The summed E-state index contributed by atoms with van der Waals surface area (Å²) in [5.41, 5.74) is 3.23. The molecule has 1 aliphatic carbocycles. The van der Waals surface area contributed by atoms with E-state index in [-0.39, 0.29) is 16.8 Å². The molecule has 0 aromatic heterocycles. The smallest absolute Gasteiger partial charge is 0.288 e. The van der Waals surface area contributed by atoms with Crippen molar-refractivity contribution >= 4 is 34.6 Å². The summed E-state index contributed by atoms with van der Waals surface area (Å²) in [5, 5.41) is 15.0. The number of nitrogens with one attached hydrogen (secondary N) is 1. The van der Waals surface area contributed by atoms with E-state index in [4.69, 9.17) is 23.2 Å². The number of benzene rings is 2. The Bertz CT molecular complexity index is 719. The van der Waals surface area contributed by atoms with Crippen molar-refractivity contribution in [2.45, 2.75) is 18.9 Å². The highest BCUT2D eigenvalue weighted by atomic mass is 35.5. The van der Waals surface area contributed by atoms with Crippen LogP contribution in [-0.2, 0) is 12.8 Å². The van der Waals surface area contributed by atoms with Crippen LogP contribution in [-0.4, -0.2) is 11.0 Å². The van der Waals surface area contributed by atoms with Crippen molar-refractivity contribution < 1.29 is 4.92 Å². The Hall–Kier alpha value is -1.78. The first-order valence-corrected chi connectivity index (χ1v) is 7.26. The number of fused-ring (bicyclic) bond motifs is 1. The van der Waals surface area contributed by atoms with Gasteiger partial charge in [0.1, 0.15) is 5.02 Å². The molecule has 0 amide bonds. The molecular weight excluding hydrogens is 311 g/mol. The molecule has 108 valence electrons. The van der Waals surface area contributed by atoms with Crippen LogP contribution >= 0.6 is 23.2 Å². The fourth-order valence-electron chi connectivity index (χ4n) is 2.67. The van der Waals surface area contributed by atoms with E-state index < -0.39 is 4.92 Å². The number of nitrogens with zero attached hydrogens (tertiary/aromatic N) is 1. The van der Waals surface area contributed by atoms with Crippen LogP contribution in [0.15, 0.2) is 36.4 Å². The Labute approximate surface area is 131 Å². The molecule has 0 saturated heterocycles. The van der Waals surface area contributed by atoms with E-state index in [2.05, 4.69) is 5.32 Å². The maximum absolute atomic E-state index is 10.7. The van der Waals surface area contributed by atoms with Gasteiger partial charge in [-0.3, -0.25) is 10.1 Å². The summed E-state index contributed by atoms with van der Waals surface area (Å²) in [4.78, 5) is 10.3. The first-order valence-electron chi connectivity index (χ1n) is 6.51. The molecule has 0 radical (unpaired) electrons. The van der Waals surface area contributed by atoms with Gasteiger partial charge >= 0.3 is 0 Å². The Kier molecular flexibility index (Phi) is 3.74. The molecule has 1 atom stereocenters. The van der Waals surface area contributed by atoms with Crippen LogP contribution in [0.1, 0.15) is 11.1 Å². The number of nitro benzene ring substituents is 1. The SMILES string of the molecule is O=[N+]([O-])c1ccc(NC2Cc3ccc(Cl)cc3C2)cc1Cl. The summed E-state index contributed by atoms with van der Waals surface area (Å²) in [6, 6.07) is 10.9. The van der Waals surface area contributed by atoms with E-state index in [1.54, 1.807) is 12.1 Å². The van der Waals surface area contributed by atoms with Gasteiger partial charge in [0.25, 0.3) is 5.69 Å². The maximum Gasteiger partial charge on any atom is 0.288 e. The normalized spacial score (nSPS) is 16.6. The van der Waals surface area contributed by atoms with E-state index >= 15 is 0 Å². The summed E-state index contributed by atoms with van der Waals surface area (Å²) in [7, 11) is 0. The standard InChI is InChI=1S/C15H12Cl2N2O2/c16-11-2-1-9-6-13(7-10(9)5-11)18-12-3-4-15(19(20)21)14(17)8-12/h1-5,8,13,18H,6-7H2. The van der Waals surface area contributed by atoms with Gasteiger partial charge in [0.15, 0.2) is 0 Å². The average molecular weight is 323 g/mol. The zero-order valence-electron chi connectivity index (χ0n) is 11.0. The number of hydrogen-bond acceptors (Lipinski definition) is 3. The van der Waals surface area contributed by atoms with Crippen molar-refractivity contribution in [3.63, 3.8) is 0 Å². The fraction of sp³-hybridized carbons (Fsp3) is 0.200. The van der Waals surface area contributed by atoms with Crippen LogP contribution in [0.4, 0.5) is 11.4 Å². The largest absolute Gasteiger partial charge is 0.382 e. The molecule has 0 heterocycles. The predicted octanol–water partition coefficient (Wildman–Crippen LogP) is 4.48. The van der Waals surface area contributed by atoms with Crippen LogP contribution in [0, 0.1) is 10.1 Å². The Balaban J connectivity index is 1.74. The van der Waals surface area contributed by atoms with Gasteiger partial charge in [0, 0.05) is 22.8 Å². The molecule has 2 aromatic carbocycles. The van der Waals surface area contributed by atoms with Crippen molar-refractivity contribution in [1.82, 2.24) is 0 Å². The summed E-state index contributed by atoms with van der Waals surface area (Å²) >= 11 is 11.9. The first-order chi connectivity index (χ1) is 10.0. The van der Waals surface area contributed by atoms with E-state index in [9.17, 15) is 10.1 Å². The minimum atomic E-state index is -0.487. The molecular formula is C15H12Cl2N2O2. The summed E-state index contributed by atoms with van der Waals surface area (Å²) in [6.07, 6.45) is 1.78. The topological polar surface area (TPSA) is 55.2 Å². The zero-order valence-corrected chi connectivity index (χ0v) is 12.5. The molecule has 0 aliphatic heterocycles. The molecule has 4 nitrogen and oxygen atoms in total. The lowest BCUT2D eigenvalue weighted by molar-refractivity contribution is -0.384. The minimum Gasteiger partial charge on any atom is -0.382 e. The van der Waals surface area contributed by atoms with Crippen molar-refractivity contribution in [1.29, 1.82) is 0 Å². The van der Waals surface area contributed by atoms with Gasteiger partial charge in [-0.05, 0) is 48.2 Å². The number of hydrogen-bond donors (Lipinski definition) is 1. The third kappa shape index (κ3) is 2.96. The molecule has 6 heteroatoms. The molecule has 0 fully saturated rings. The van der Waals surface area contributed by atoms with E-state index in [0.29, 0.717) is 0 Å². The molecule has 3 rings (SSSR count). The summed E-state index contributed by atoms with van der Waals surface area (Å²) in [5.74, 6) is 0. The Morgan fingerprint density at radius 1 is 1.10 bits per heavy atom. The number of anilines is 1. The van der Waals surface area contributed by atoms with Gasteiger partial charge in [-0.25, -0.2) is 0 Å². The third-order valence-electron chi connectivity index (χ3n) is 3.62. The highest BCUT2D eigenvalue weighted by Crippen LogP contribution is 2.30. The van der Waals surface area contributed by atoms with Crippen LogP contribution in [0.5, 0.6) is 0 Å². The number of nitro groups is 1. The van der Waals surface area contributed by atoms with E-state index in [1.807, 2.05) is 18.2 Å². The van der Waals surface area contributed by atoms with Gasteiger partial charge < -0.3 is 5.32 Å². The zero-order chi connectivity index (χ0) is 15.0. The lowest BCUT2D eigenvalue weighted by Gasteiger charge is -2.13. The van der Waals surface area contributed by atoms with Crippen molar-refractivity contribution in [2.24, 2.45) is 0 Å². The van der Waals surface area contributed by atoms with Gasteiger partial charge in [-0.1, -0.05) is 29.3 Å². The average Bonchev–Trinajstić information content (AvgIpc) is 2.79. The molecule has 21 heavy (non-hydrogen) atoms. The highest BCUT2D eigenvalue weighted by molar-refractivity contribution is 6.33. The summed E-state index contributed by atoms with van der Waals surface area (Å²) < 4.78 is 0. The summed E-state index contributed by atoms with van der Waals surface area (Å²) in [6.45, 7) is 0. The van der Waals surface area contributed by atoms with E-state index in [1.165, 1.54) is 17.2 Å². The predicted molar refractivity (Wildman–Crippen MR) is 84.4 cm³/mol. The number of rotatable bonds is 3. The van der Waals surface area contributed by atoms with Gasteiger partial charge in [-0.15, -0.1) is 0 Å². The lowest BCUT2D eigenvalue weighted by atomic mass is 10.1. The molecule has 0 saturated carbocycles. The fourth-order valence-corrected chi connectivity index (χ4v) is 3.11. The second kappa shape index (κ2) is 5.54. The molecule has 1 aliphatic rings. The molecule has 2 aromatic rings. The Morgan fingerprint density at radius 3 is 2.57 bits per heavy atom. The second-order valence-corrected chi connectivity index (χ2v) is 5.93. The van der Waals surface area contributed by atoms with Gasteiger partial charge in [-0.2, -0.15) is 0 Å². The van der Waals surface area contributed by atoms with Crippen molar-refractivity contribution in [2.75, 3.05) is 5.32 Å². The third-order valence-corrected chi connectivity index (χ3v) is 4.15. The second-order valence-electron chi connectivity index (χ2n) is 5.09. The number of halogens is 2. The van der Waals surface area contributed by atoms with Crippen molar-refractivity contribution in [3.8, 4) is 0 Å². The lowest BCUT2D eigenvalue weighted by Crippen LogP contribution is -2.19. The minimum absolute atomic E-state index is 0.0799. The van der Waals surface area contributed by atoms with Crippen LogP contribution in [0.2, 0.25) is 10.0 Å². The first kappa shape index (κ1) is 14.2.